The number of nitrogens with one attached hydrogen (secondary N) is 1. The number of nitrogens with zero attached hydrogens (tertiary/aromatic N) is 1. The van der Waals surface area contributed by atoms with Crippen LogP contribution in [0.2, 0.25) is 0 Å². The minimum absolute atomic E-state index is 0.716. The van der Waals surface area contributed by atoms with Crippen molar-refractivity contribution in [3.8, 4) is 5.75 Å². The molecule has 17 heavy (non-hydrogen) atoms. The second kappa shape index (κ2) is 6.03. The van der Waals surface area contributed by atoms with Gasteiger partial charge in [0.15, 0.2) is 0 Å². The van der Waals surface area contributed by atoms with Crippen LogP contribution in [-0.4, -0.2) is 44.7 Å². The van der Waals surface area contributed by atoms with Gasteiger partial charge in [-0.25, -0.2) is 0 Å². The molecule has 0 aromatic heterocycles. The quantitative estimate of drug-likeness (QED) is 0.836. The molecule has 2 rings (SSSR count). The number of methoxy groups -OCH3 is 1. The fourth-order valence-corrected chi connectivity index (χ4v) is 2.30. The van der Waals surface area contributed by atoms with Crippen molar-refractivity contribution in [2.45, 2.75) is 18.9 Å². The molecule has 1 saturated heterocycles. The standard InChI is InChI=1S/C14H22N2O/c1-16(13-7-9-15-11-13)10-8-12-3-5-14(17-2)6-4-12/h3-6,13,15H,7-11H2,1-2H3. The first-order valence-electron chi connectivity index (χ1n) is 6.33. The van der Waals surface area contributed by atoms with E-state index in [-0.39, 0.29) is 0 Å². The summed E-state index contributed by atoms with van der Waals surface area (Å²) in [5, 5.41) is 3.41. The van der Waals surface area contributed by atoms with Crippen LogP contribution in [0, 0.1) is 0 Å². The molecule has 0 amide bonds. The van der Waals surface area contributed by atoms with E-state index < -0.39 is 0 Å². The van der Waals surface area contributed by atoms with Crippen LogP contribution in [0.5, 0.6) is 5.75 Å². The number of likely N-dealkylation sites (N-methyl/N-ethyl adjacent to an activating group) is 1. The van der Waals surface area contributed by atoms with Gasteiger partial charge in [0, 0.05) is 19.1 Å². The average Bonchev–Trinajstić information content (AvgIpc) is 2.90. The molecule has 3 heteroatoms. The van der Waals surface area contributed by atoms with Gasteiger partial charge in [0.1, 0.15) is 5.75 Å². The van der Waals surface area contributed by atoms with E-state index in [9.17, 15) is 0 Å². The predicted octanol–water partition coefficient (Wildman–Crippen LogP) is 1.53. The van der Waals surface area contributed by atoms with Crippen LogP contribution in [0.15, 0.2) is 24.3 Å². The Kier molecular flexibility index (Phi) is 4.40. The Balaban J connectivity index is 1.80. The van der Waals surface area contributed by atoms with Crippen molar-refractivity contribution in [1.82, 2.24) is 10.2 Å². The maximum atomic E-state index is 5.16. The van der Waals surface area contributed by atoms with E-state index in [2.05, 4.69) is 29.4 Å². The minimum atomic E-state index is 0.716. The van der Waals surface area contributed by atoms with Gasteiger partial charge in [-0.15, -0.1) is 0 Å². The lowest BCUT2D eigenvalue weighted by Gasteiger charge is -2.23. The normalized spacial score (nSPS) is 19.8. The molecule has 1 N–H and O–H groups in total. The summed E-state index contributed by atoms with van der Waals surface area (Å²) in [6.07, 6.45) is 2.39. The maximum Gasteiger partial charge on any atom is 0.118 e. The molecular formula is C14H22N2O. The topological polar surface area (TPSA) is 24.5 Å². The highest BCUT2D eigenvalue weighted by atomic mass is 16.5. The van der Waals surface area contributed by atoms with Crippen molar-refractivity contribution >= 4 is 0 Å². The molecule has 0 bridgehead atoms. The van der Waals surface area contributed by atoms with Crippen molar-refractivity contribution in [3.05, 3.63) is 29.8 Å². The van der Waals surface area contributed by atoms with E-state index in [1.165, 1.54) is 12.0 Å². The molecule has 1 aliphatic rings. The molecule has 0 saturated carbocycles. The molecule has 94 valence electrons. The zero-order chi connectivity index (χ0) is 12.1. The second-order valence-corrected chi connectivity index (χ2v) is 4.73. The molecule has 0 spiro atoms. The third-order valence-electron chi connectivity index (χ3n) is 3.57. The Morgan fingerprint density at radius 1 is 1.35 bits per heavy atom. The van der Waals surface area contributed by atoms with Crippen LogP contribution in [0.1, 0.15) is 12.0 Å². The molecule has 0 aliphatic carbocycles. The Labute approximate surface area is 104 Å². The zero-order valence-electron chi connectivity index (χ0n) is 10.8. The van der Waals surface area contributed by atoms with E-state index >= 15 is 0 Å². The monoisotopic (exact) mass is 234 g/mol. The van der Waals surface area contributed by atoms with Crippen molar-refractivity contribution in [1.29, 1.82) is 0 Å². The summed E-state index contributed by atoms with van der Waals surface area (Å²) < 4.78 is 5.16. The van der Waals surface area contributed by atoms with E-state index in [1.807, 2.05) is 12.1 Å². The van der Waals surface area contributed by atoms with Crippen LogP contribution >= 0.6 is 0 Å². The van der Waals surface area contributed by atoms with Crippen molar-refractivity contribution in [3.63, 3.8) is 0 Å². The molecule has 0 radical (unpaired) electrons. The van der Waals surface area contributed by atoms with Gasteiger partial charge in [-0.3, -0.25) is 0 Å². The van der Waals surface area contributed by atoms with Crippen LogP contribution < -0.4 is 10.1 Å². The summed E-state index contributed by atoms with van der Waals surface area (Å²) in [7, 11) is 3.93. The molecule has 1 aromatic rings. The molecular weight excluding hydrogens is 212 g/mol. The van der Waals surface area contributed by atoms with Crippen LogP contribution in [0.4, 0.5) is 0 Å². The largest absolute Gasteiger partial charge is 0.497 e. The summed E-state index contributed by atoms with van der Waals surface area (Å²) >= 11 is 0. The van der Waals surface area contributed by atoms with Gasteiger partial charge in [0.05, 0.1) is 7.11 Å². The van der Waals surface area contributed by atoms with Crippen molar-refractivity contribution in [2.24, 2.45) is 0 Å². The summed E-state index contributed by atoms with van der Waals surface area (Å²) in [5.41, 5.74) is 1.38. The van der Waals surface area contributed by atoms with Gasteiger partial charge in [0.25, 0.3) is 0 Å². The van der Waals surface area contributed by atoms with Crippen LogP contribution in [0.25, 0.3) is 0 Å². The summed E-state index contributed by atoms with van der Waals surface area (Å²) in [6.45, 7) is 3.43. The number of ether oxygens (including phenoxy) is 1. The minimum Gasteiger partial charge on any atom is -0.497 e. The number of hydrogen-bond acceptors (Lipinski definition) is 3. The van der Waals surface area contributed by atoms with Crippen LogP contribution in [-0.2, 0) is 6.42 Å². The fraction of sp³-hybridized carbons (Fsp3) is 0.571. The Bertz CT molecular complexity index is 331. The first-order chi connectivity index (χ1) is 8.29. The van der Waals surface area contributed by atoms with Crippen LogP contribution in [0.3, 0.4) is 0 Å². The maximum absolute atomic E-state index is 5.16. The molecule has 3 nitrogen and oxygen atoms in total. The first kappa shape index (κ1) is 12.4. The Morgan fingerprint density at radius 3 is 2.71 bits per heavy atom. The van der Waals surface area contributed by atoms with Crippen molar-refractivity contribution < 1.29 is 4.74 Å². The van der Waals surface area contributed by atoms with Gasteiger partial charge in [0.2, 0.25) is 0 Å². The summed E-state index contributed by atoms with van der Waals surface area (Å²) in [6, 6.07) is 9.09. The third kappa shape index (κ3) is 3.45. The summed E-state index contributed by atoms with van der Waals surface area (Å²) in [4.78, 5) is 2.46. The highest BCUT2D eigenvalue weighted by molar-refractivity contribution is 5.27. The first-order valence-corrected chi connectivity index (χ1v) is 6.33. The Hall–Kier alpha value is -1.06. The zero-order valence-corrected chi connectivity index (χ0v) is 10.8. The van der Waals surface area contributed by atoms with E-state index in [0.29, 0.717) is 6.04 Å². The van der Waals surface area contributed by atoms with Gasteiger partial charge in [-0.2, -0.15) is 0 Å². The highest BCUT2D eigenvalue weighted by Crippen LogP contribution is 2.13. The average molecular weight is 234 g/mol. The molecule has 1 aliphatic heterocycles. The van der Waals surface area contributed by atoms with E-state index in [0.717, 1.165) is 31.8 Å². The fourth-order valence-electron chi connectivity index (χ4n) is 2.30. The van der Waals surface area contributed by atoms with E-state index in [1.54, 1.807) is 7.11 Å². The predicted molar refractivity (Wildman–Crippen MR) is 70.6 cm³/mol. The molecule has 1 heterocycles. The second-order valence-electron chi connectivity index (χ2n) is 4.73. The van der Waals surface area contributed by atoms with E-state index in [4.69, 9.17) is 4.74 Å². The van der Waals surface area contributed by atoms with Gasteiger partial charge in [-0.1, -0.05) is 12.1 Å². The number of hydrogen-bond donors (Lipinski definition) is 1. The lowest BCUT2D eigenvalue weighted by Crippen LogP contribution is -2.34. The lowest BCUT2D eigenvalue weighted by atomic mass is 10.1. The van der Waals surface area contributed by atoms with Gasteiger partial charge in [-0.05, 0) is 44.1 Å². The molecule has 1 unspecified atom stereocenters. The molecule has 1 fully saturated rings. The molecule has 1 aromatic carbocycles. The van der Waals surface area contributed by atoms with Gasteiger partial charge >= 0.3 is 0 Å². The SMILES string of the molecule is COc1ccc(CCN(C)C2CCNC2)cc1. The lowest BCUT2D eigenvalue weighted by molar-refractivity contribution is 0.260. The smallest absolute Gasteiger partial charge is 0.118 e. The van der Waals surface area contributed by atoms with Gasteiger partial charge < -0.3 is 15.0 Å². The third-order valence-corrected chi connectivity index (χ3v) is 3.57. The number of benzene rings is 1. The number of rotatable bonds is 5. The highest BCUT2D eigenvalue weighted by Gasteiger charge is 2.18. The molecule has 1 atom stereocenters. The Morgan fingerprint density at radius 2 is 2.12 bits per heavy atom. The summed E-state index contributed by atoms with van der Waals surface area (Å²) in [5.74, 6) is 0.932. The van der Waals surface area contributed by atoms with Crippen molar-refractivity contribution in [2.75, 3.05) is 33.8 Å².